The van der Waals surface area contributed by atoms with Gasteiger partial charge in [-0.2, -0.15) is 0 Å². The van der Waals surface area contributed by atoms with Gasteiger partial charge in [0.15, 0.2) is 0 Å². The highest BCUT2D eigenvalue weighted by Gasteiger charge is 2.19. The van der Waals surface area contributed by atoms with Crippen molar-refractivity contribution in [3.05, 3.63) is 164 Å². The van der Waals surface area contributed by atoms with Crippen molar-refractivity contribution in [1.82, 2.24) is 0 Å². The Morgan fingerprint density at radius 2 is 0.872 bits per heavy atom. The molecule has 1 nitrogen and oxygen atoms in total. The monoisotopic (exact) mass is 497 g/mol. The molecule has 0 bridgehead atoms. The van der Waals surface area contributed by atoms with E-state index in [1.165, 1.54) is 43.8 Å². The summed E-state index contributed by atoms with van der Waals surface area (Å²) >= 11 is 0. The first kappa shape index (κ1) is 23.0. The van der Waals surface area contributed by atoms with Crippen LogP contribution < -0.4 is 4.90 Å². The lowest BCUT2D eigenvalue weighted by atomic mass is 9.90. The highest BCUT2D eigenvalue weighted by Crippen LogP contribution is 2.44. The van der Waals surface area contributed by atoms with Crippen molar-refractivity contribution in [2.75, 3.05) is 4.90 Å². The summed E-state index contributed by atoms with van der Waals surface area (Å²) in [7, 11) is 0. The molecule has 184 valence electrons. The van der Waals surface area contributed by atoms with Crippen molar-refractivity contribution < 1.29 is 0 Å². The molecule has 39 heavy (non-hydrogen) atoms. The summed E-state index contributed by atoms with van der Waals surface area (Å²) < 4.78 is 0. The minimum atomic E-state index is 1.13. The Bertz CT molecular complexity index is 1850. The van der Waals surface area contributed by atoms with Crippen molar-refractivity contribution in [3.63, 3.8) is 0 Å². The van der Waals surface area contributed by atoms with Gasteiger partial charge in [0, 0.05) is 16.9 Å². The summed E-state index contributed by atoms with van der Waals surface area (Å²) in [5.74, 6) is 0. The van der Waals surface area contributed by atoms with Crippen LogP contribution in [0.4, 0.5) is 17.1 Å². The Labute approximate surface area is 229 Å². The number of nitrogens with zero attached hydrogens (tertiary/aromatic N) is 1. The first-order chi connectivity index (χ1) is 19.3. The van der Waals surface area contributed by atoms with Gasteiger partial charge < -0.3 is 4.90 Å². The van der Waals surface area contributed by atoms with Gasteiger partial charge in [-0.1, -0.05) is 109 Å². The van der Waals surface area contributed by atoms with Crippen LogP contribution in [-0.2, 0) is 0 Å². The second-order valence-corrected chi connectivity index (χ2v) is 9.83. The van der Waals surface area contributed by atoms with Gasteiger partial charge in [0.05, 0.1) is 5.69 Å². The lowest BCUT2D eigenvalue weighted by molar-refractivity contribution is 1.28. The summed E-state index contributed by atoms with van der Waals surface area (Å²) in [6.45, 7) is 0. The van der Waals surface area contributed by atoms with E-state index in [4.69, 9.17) is 0 Å². The summed E-state index contributed by atoms with van der Waals surface area (Å²) in [6, 6.07) is 58.7. The molecule has 0 amide bonds. The molecule has 0 radical (unpaired) electrons. The zero-order chi connectivity index (χ0) is 26.0. The van der Waals surface area contributed by atoms with E-state index in [9.17, 15) is 0 Å². The van der Waals surface area contributed by atoms with E-state index in [0.29, 0.717) is 0 Å². The normalized spacial score (nSPS) is 11.1. The fourth-order valence-corrected chi connectivity index (χ4v) is 5.55. The molecule has 0 unspecified atom stereocenters. The Morgan fingerprint density at radius 1 is 0.333 bits per heavy atom. The van der Waals surface area contributed by atoms with Crippen LogP contribution in [0.5, 0.6) is 0 Å². The number of fused-ring (bicyclic) bond motifs is 2. The van der Waals surface area contributed by atoms with Crippen molar-refractivity contribution in [2.24, 2.45) is 0 Å². The van der Waals surface area contributed by atoms with Gasteiger partial charge in [0.25, 0.3) is 0 Å². The standard InChI is InChI=1S/C38H27N/c1-4-14-28(15-5-1)31-25-32-24-29-16-10-11-17-30(29)26-36(32)37(27-31)35-22-12-13-23-38(35)39(33-18-6-2-7-19-33)34-20-8-3-9-21-34/h1-27H. The summed E-state index contributed by atoms with van der Waals surface area (Å²) in [6.07, 6.45) is 0. The topological polar surface area (TPSA) is 3.24 Å². The maximum Gasteiger partial charge on any atom is 0.0540 e. The van der Waals surface area contributed by atoms with Gasteiger partial charge >= 0.3 is 0 Å². The number of rotatable bonds is 5. The molecule has 0 saturated carbocycles. The molecule has 0 atom stereocenters. The number of hydrogen-bond acceptors (Lipinski definition) is 1. The third kappa shape index (κ3) is 4.35. The summed E-state index contributed by atoms with van der Waals surface area (Å²) in [5, 5.41) is 5.00. The molecule has 0 aliphatic carbocycles. The average molecular weight is 498 g/mol. The minimum absolute atomic E-state index is 1.13. The van der Waals surface area contributed by atoms with Gasteiger partial charge in [0.1, 0.15) is 0 Å². The van der Waals surface area contributed by atoms with Crippen LogP contribution in [-0.4, -0.2) is 0 Å². The zero-order valence-electron chi connectivity index (χ0n) is 21.5. The molecule has 0 aliphatic heterocycles. The maximum absolute atomic E-state index is 2.36. The largest absolute Gasteiger partial charge is 0.310 e. The van der Waals surface area contributed by atoms with Crippen LogP contribution in [0.3, 0.4) is 0 Å². The van der Waals surface area contributed by atoms with Crippen molar-refractivity contribution in [2.45, 2.75) is 0 Å². The van der Waals surface area contributed by atoms with Crippen LogP contribution in [0.15, 0.2) is 164 Å². The third-order valence-electron chi connectivity index (χ3n) is 7.39. The number of benzene rings is 7. The molecule has 0 aromatic heterocycles. The predicted molar refractivity (Wildman–Crippen MR) is 167 cm³/mol. The van der Waals surface area contributed by atoms with Gasteiger partial charge in [0.2, 0.25) is 0 Å². The van der Waals surface area contributed by atoms with Crippen molar-refractivity contribution in [1.29, 1.82) is 0 Å². The second-order valence-electron chi connectivity index (χ2n) is 9.83. The SMILES string of the molecule is c1ccc(-c2cc(-c3ccccc3N(c3ccccc3)c3ccccc3)c3cc4ccccc4cc3c2)cc1. The Hall–Kier alpha value is -5.14. The highest BCUT2D eigenvalue weighted by atomic mass is 15.1. The second kappa shape index (κ2) is 9.96. The highest BCUT2D eigenvalue weighted by molar-refractivity contribution is 6.09. The molecule has 0 spiro atoms. The lowest BCUT2D eigenvalue weighted by Gasteiger charge is -2.28. The first-order valence-corrected chi connectivity index (χ1v) is 13.4. The molecule has 7 aromatic carbocycles. The van der Waals surface area contributed by atoms with E-state index >= 15 is 0 Å². The molecular formula is C38H27N. The molecule has 0 aliphatic rings. The van der Waals surface area contributed by atoms with Crippen LogP contribution in [0.25, 0.3) is 43.8 Å². The number of anilines is 3. The summed E-state index contributed by atoms with van der Waals surface area (Å²) in [5.41, 5.74) is 8.26. The minimum Gasteiger partial charge on any atom is -0.310 e. The van der Waals surface area contributed by atoms with Crippen LogP contribution in [0, 0.1) is 0 Å². The van der Waals surface area contributed by atoms with Crippen molar-refractivity contribution >= 4 is 38.6 Å². The van der Waals surface area contributed by atoms with E-state index in [0.717, 1.165) is 17.1 Å². The first-order valence-electron chi connectivity index (χ1n) is 13.4. The van der Waals surface area contributed by atoms with Crippen LogP contribution in [0.1, 0.15) is 0 Å². The van der Waals surface area contributed by atoms with Gasteiger partial charge in [-0.3, -0.25) is 0 Å². The van der Waals surface area contributed by atoms with Crippen LogP contribution in [0.2, 0.25) is 0 Å². The smallest absolute Gasteiger partial charge is 0.0540 e. The molecule has 0 N–H and O–H groups in total. The quantitative estimate of drug-likeness (QED) is 0.214. The number of para-hydroxylation sites is 3. The Balaban J connectivity index is 1.54. The average Bonchev–Trinajstić information content (AvgIpc) is 3.01. The molecule has 7 rings (SSSR count). The van der Waals surface area contributed by atoms with Gasteiger partial charge in [-0.25, -0.2) is 0 Å². The van der Waals surface area contributed by atoms with E-state index in [1.807, 2.05) is 0 Å². The molecule has 0 heterocycles. The molecular weight excluding hydrogens is 470 g/mol. The van der Waals surface area contributed by atoms with Crippen molar-refractivity contribution in [3.8, 4) is 22.3 Å². The molecule has 0 saturated heterocycles. The van der Waals surface area contributed by atoms with Gasteiger partial charge in [-0.15, -0.1) is 0 Å². The van der Waals surface area contributed by atoms with Gasteiger partial charge in [-0.05, 0) is 92.8 Å². The van der Waals surface area contributed by atoms with E-state index in [-0.39, 0.29) is 0 Å². The maximum atomic E-state index is 2.36. The Morgan fingerprint density at radius 3 is 1.54 bits per heavy atom. The summed E-state index contributed by atoms with van der Waals surface area (Å²) in [4.78, 5) is 2.36. The van der Waals surface area contributed by atoms with E-state index in [2.05, 4.69) is 169 Å². The van der Waals surface area contributed by atoms with E-state index in [1.54, 1.807) is 0 Å². The van der Waals surface area contributed by atoms with Crippen LogP contribution >= 0.6 is 0 Å². The third-order valence-corrected chi connectivity index (χ3v) is 7.39. The fourth-order valence-electron chi connectivity index (χ4n) is 5.55. The fraction of sp³-hybridized carbons (Fsp3) is 0. The zero-order valence-corrected chi connectivity index (χ0v) is 21.5. The lowest BCUT2D eigenvalue weighted by Crippen LogP contribution is -2.11. The predicted octanol–water partition coefficient (Wildman–Crippen LogP) is 10.8. The molecule has 1 heteroatoms. The molecule has 0 fully saturated rings. The Kier molecular flexibility index (Phi) is 5.88. The number of hydrogen-bond donors (Lipinski definition) is 0. The molecule has 7 aromatic rings. The van der Waals surface area contributed by atoms with E-state index < -0.39 is 0 Å².